The van der Waals surface area contributed by atoms with Gasteiger partial charge in [-0.3, -0.25) is 14.8 Å². The van der Waals surface area contributed by atoms with Gasteiger partial charge in [-0.05, 0) is 53.8 Å². The van der Waals surface area contributed by atoms with Crippen LogP contribution in [0.1, 0.15) is 22.4 Å². The van der Waals surface area contributed by atoms with Gasteiger partial charge in [0.15, 0.2) is 12.5 Å². The Morgan fingerprint density at radius 1 is 1.11 bits per heavy atom. The predicted molar refractivity (Wildman–Crippen MR) is 127 cm³/mol. The summed E-state index contributed by atoms with van der Waals surface area (Å²) in [4.78, 5) is 19.7. The Morgan fingerprint density at radius 3 is 2.56 bits per heavy atom. The van der Waals surface area contributed by atoms with Crippen molar-refractivity contribution >= 4 is 13.6 Å². The lowest BCUT2D eigenvalue weighted by atomic mass is 10.0. The molecule has 1 unspecified atom stereocenters. The van der Waals surface area contributed by atoms with Gasteiger partial charge in [-0.2, -0.15) is 0 Å². The number of phosphoric acid groups is 1. The third-order valence-electron chi connectivity index (χ3n) is 5.58. The van der Waals surface area contributed by atoms with E-state index in [2.05, 4.69) is 9.68 Å². The van der Waals surface area contributed by atoms with Gasteiger partial charge in [0.2, 0.25) is 0 Å². The van der Waals surface area contributed by atoms with Crippen LogP contribution < -0.4 is 19.9 Å². The number of pyridine rings is 1. The first-order valence-corrected chi connectivity index (χ1v) is 12.5. The Bertz CT molecular complexity index is 1390. The molecule has 0 bridgehead atoms. The van der Waals surface area contributed by atoms with Crippen LogP contribution >= 0.6 is 7.82 Å². The van der Waals surface area contributed by atoms with Crippen molar-refractivity contribution < 1.29 is 37.1 Å². The highest BCUT2D eigenvalue weighted by molar-refractivity contribution is 7.44. The molecule has 2 heterocycles. The van der Waals surface area contributed by atoms with Gasteiger partial charge in [0.1, 0.15) is 17.1 Å². The van der Waals surface area contributed by atoms with Crippen molar-refractivity contribution in [3.8, 4) is 17.1 Å². The van der Waals surface area contributed by atoms with Crippen molar-refractivity contribution in [1.82, 2.24) is 5.16 Å². The molecular formula is C25H25FN3O6P. The Hall–Kier alpha value is -3.56. The zero-order valence-corrected chi connectivity index (χ0v) is 20.4. The number of anilines is 1. The number of hydrogen-bond acceptors (Lipinski definition) is 7. The number of nitrogen functional groups attached to an aromatic ring is 1. The highest BCUT2D eigenvalue weighted by Crippen LogP contribution is 2.30. The van der Waals surface area contributed by atoms with Crippen LogP contribution in [0.15, 0.2) is 71.4 Å². The molecule has 0 saturated heterocycles. The minimum absolute atomic E-state index is 0.189. The fourth-order valence-corrected chi connectivity index (χ4v) is 4.02. The molecule has 3 N–H and O–H groups in total. The second-order valence-electron chi connectivity index (χ2n) is 8.18. The molecule has 0 aliphatic carbocycles. The van der Waals surface area contributed by atoms with Gasteiger partial charge in [-0.15, -0.1) is 0 Å². The maximum atomic E-state index is 13.7. The molecule has 0 saturated carbocycles. The quantitative estimate of drug-likeness (QED) is 0.244. The van der Waals surface area contributed by atoms with Gasteiger partial charge in [-0.25, -0.2) is 8.96 Å². The van der Waals surface area contributed by atoms with E-state index in [0.717, 1.165) is 23.1 Å². The molecule has 1 atom stereocenters. The molecule has 0 aliphatic rings. The van der Waals surface area contributed by atoms with E-state index in [1.54, 1.807) is 18.2 Å². The average Bonchev–Trinajstić information content (AvgIpc) is 3.30. The molecule has 188 valence electrons. The Kier molecular flexibility index (Phi) is 7.81. The van der Waals surface area contributed by atoms with Gasteiger partial charge in [0.05, 0.1) is 19.0 Å². The number of aromatic nitrogens is 2. The fourth-order valence-electron chi connectivity index (χ4n) is 3.75. The van der Waals surface area contributed by atoms with Gasteiger partial charge < -0.3 is 19.0 Å². The summed E-state index contributed by atoms with van der Waals surface area (Å²) in [6, 6.07) is 17.9. The van der Waals surface area contributed by atoms with E-state index in [9.17, 15) is 13.8 Å². The Balaban J connectivity index is 1.39. The third-order valence-corrected chi connectivity index (χ3v) is 6.02. The van der Waals surface area contributed by atoms with E-state index in [0.29, 0.717) is 35.6 Å². The van der Waals surface area contributed by atoms with Gasteiger partial charge >= 0.3 is 0 Å². The van der Waals surface area contributed by atoms with Crippen LogP contribution in [-0.2, 0) is 35.1 Å². The lowest BCUT2D eigenvalue weighted by molar-refractivity contribution is -0.712. The first-order chi connectivity index (χ1) is 17.2. The van der Waals surface area contributed by atoms with E-state index in [-0.39, 0.29) is 11.6 Å². The molecule has 0 aliphatic heterocycles. The number of aryl methyl sites for hydroxylation is 2. The van der Waals surface area contributed by atoms with E-state index in [1.807, 2.05) is 30.3 Å². The van der Waals surface area contributed by atoms with E-state index >= 15 is 0 Å². The molecule has 4 rings (SSSR count). The standard InChI is InChI=1S/C25H25FN3O6P/c1-33-22-13-19(11-20(26)14-22)9-6-17-4-7-18(8-5-17)12-21-15-24(35-28-21)23-3-2-10-29(25(23)27)16-34-36(30,31)32/h2-5,7-8,10-11,13-15,27H,6,9,12,16H2,1H3,(H2,30,31,32). The number of halogens is 1. The molecule has 4 aromatic rings. The lowest BCUT2D eigenvalue weighted by Crippen LogP contribution is -2.38. The van der Waals surface area contributed by atoms with Crippen molar-refractivity contribution in [2.24, 2.45) is 0 Å². The normalized spacial score (nSPS) is 12.9. The van der Waals surface area contributed by atoms with Crippen LogP contribution in [0.4, 0.5) is 10.2 Å². The first kappa shape index (κ1) is 25.5. The van der Waals surface area contributed by atoms with E-state index < -0.39 is 14.6 Å². The lowest BCUT2D eigenvalue weighted by Gasteiger charge is -2.14. The van der Waals surface area contributed by atoms with Crippen LogP contribution in [0.5, 0.6) is 5.75 Å². The van der Waals surface area contributed by atoms with Gasteiger partial charge in [0, 0.05) is 18.6 Å². The molecule has 0 amide bonds. The van der Waals surface area contributed by atoms with Crippen molar-refractivity contribution in [2.75, 3.05) is 12.8 Å². The predicted octanol–water partition coefficient (Wildman–Crippen LogP) is 3.17. The zero-order chi connectivity index (χ0) is 25.7. The summed E-state index contributed by atoms with van der Waals surface area (Å²) in [6.45, 7) is -0.475. The number of nitrogens with two attached hydrogens (primary N) is 1. The average molecular weight is 513 g/mol. The van der Waals surface area contributed by atoms with Gasteiger partial charge in [-0.1, -0.05) is 29.4 Å². The van der Waals surface area contributed by atoms with Crippen LogP contribution in [0, 0.1) is 5.82 Å². The highest BCUT2D eigenvalue weighted by atomic mass is 31.2. The maximum absolute atomic E-state index is 13.7. The molecular weight excluding hydrogens is 488 g/mol. The molecule has 0 fully saturated rings. The Morgan fingerprint density at radius 2 is 1.83 bits per heavy atom. The molecule has 0 spiro atoms. The summed E-state index contributed by atoms with van der Waals surface area (Å²) in [6.07, 6.45) is 3.49. The topological polar surface area (TPSA) is 135 Å². The molecule has 11 heteroatoms. The maximum Gasteiger partial charge on any atom is 0.285 e. The number of phosphoric ester groups is 1. The summed E-state index contributed by atoms with van der Waals surface area (Å²) in [5.74, 6) is 0.791. The van der Waals surface area contributed by atoms with E-state index in [4.69, 9.17) is 19.9 Å². The monoisotopic (exact) mass is 513 g/mol. The molecule has 9 nitrogen and oxygen atoms in total. The van der Waals surface area contributed by atoms with E-state index in [1.165, 1.54) is 30.0 Å². The number of methoxy groups -OCH3 is 1. The molecule has 2 aromatic carbocycles. The van der Waals surface area contributed by atoms with Gasteiger partial charge in [0.25, 0.3) is 13.6 Å². The smallest absolute Gasteiger partial charge is 0.285 e. The van der Waals surface area contributed by atoms with Crippen molar-refractivity contribution in [2.45, 2.75) is 26.0 Å². The first-order valence-electron chi connectivity index (χ1n) is 11.0. The molecule has 0 radical (unpaired) electrons. The minimum Gasteiger partial charge on any atom is -0.756 e. The molecule has 2 aromatic heterocycles. The zero-order valence-electron chi connectivity index (χ0n) is 19.5. The summed E-state index contributed by atoms with van der Waals surface area (Å²) >= 11 is 0. The summed E-state index contributed by atoms with van der Waals surface area (Å²) in [7, 11) is -3.37. The third kappa shape index (κ3) is 6.77. The largest absolute Gasteiger partial charge is 0.756 e. The summed E-state index contributed by atoms with van der Waals surface area (Å²) in [5.41, 5.74) is 10.3. The van der Waals surface area contributed by atoms with Crippen molar-refractivity contribution in [3.63, 3.8) is 0 Å². The summed E-state index contributed by atoms with van der Waals surface area (Å²) < 4.78 is 40.9. The number of rotatable bonds is 10. The Labute approximate surface area is 207 Å². The SMILES string of the molecule is COc1cc(F)cc(CCc2ccc(Cc3cc(-c4ccc[n+](COP(=O)([O-])O)c4N)on3)cc2)c1. The van der Waals surface area contributed by atoms with Crippen LogP contribution in [-0.4, -0.2) is 17.2 Å². The highest BCUT2D eigenvalue weighted by Gasteiger charge is 2.18. The van der Waals surface area contributed by atoms with Crippen LogP contribution in [0.3, 0.4) is 0 Å². The summed E-state index contributed by atoms with van der Waals surface area (Å²) in [5, 5.41) is 4.11. The number of benzene rings is 2. The minimum atomic E-state index is -4.88. The second-order valence-corrected chi connectivity index (χ2v) is 9.37. The van der Waals surface area contributed by atoms with Crippen LogP contribution in [0.2, 0.25) is 0 Å². The number of nitrogens with zero attached hydrogens (tertiary/aromatic N) is 2. The fraction of sp³-hybridized carbons (Fsp3) is 0.200. The number of hydrogen-bond donors (Lipinski definition) is 2. The van der Waals surface area contributed by atoms with Crippen molar-refractivity contribution in [1.29, 1.82) is 0 Å². The number of ether oxygens (including phenoxy) is 1. The van der Waals surface area contributed by atoms with Crippen molar-refractivity contribution in [3.05, 3.63) is 95.1 Å². The van der Waals surface area contributed by atoms with Crippen LogP contribution in [0.25, 0.3) is 11.3 Å². The second kappa shape index (κ2) is 11.0. The molecule has 36 heavy (non-hydrogen) atoms.